The van der Waals surface area contributed by atoms with Crippen molar-refractivity contribution in [3.8, 4) is 0 Å². The van der Waals surface area contributed by atoms with Gasteiger partial charge in [-0.25, -0.2) is 0 Å². The Kier molecular flexibility index (Phi) is 6.12. The Morgan fingerprint density at radius 2 is 2.00 bits per heavy atom. The zero-order chi connectivity index (χ0) is 13.5. The van der Waals surface area contributed by atoms with E-state index in [4.69, 9.17) is 10.8 Å². The SMILES string of the molecule is CCCN(CC(=O)O)C(=O)C1CCCCC1CN. The molecule has 0 aromatic heterocycles. The summed E-state index contributed by atoms with van der Waals surface area (Å²) in [6.07, 6.45) is 4.78. The van der Waals surface area contributed by atoms with Gasteiger partial charge in [-0.15, -0.1) is 0 Å². The molecule has 0 bridgehead atoms. The summed E-state index contributed by atoms with van der Waals surface area (Å²) in [5.41, 5.74) is 5.72. The normalized spacial score (nSPS) is 23.7. The molecule has 1 fully saturated rings. The van der Waals surface area contributed by atoms with Crippen molar-refractivity contribution in [1.82, 2.24) is 4.90 Å². The Hall–Kier alpha value is -1.10. The van der Waals surface area contributed by atoms with E-state index in [0.717, 1.165) is 32.1 Å². The molecule has 0 saturated heterocycles. The lowest BCUT2D eigenvalue weighted by molar-refractivity contribution is -0.147. The maximum atomic E-state index is 12.4. The molecule has 0 aromatic carbocycles. The van der Waals surface area contributed by atoms with Crippen LogP contribution in [-0.2, 0) is 9.59 Å². The van der Waals surface area contributed by atoms with Crippen molar-refractivity contribution in [3.05, 3.63) is 0 Å². The number of nitrogens with zero attached hydrogens (tertiary/aromatic N) is 1. The summed E-state index contributed by atoms with van der Waals surface area (Å²) >= 11 is 0. The molecule has 0 heterocycles. The van der Waals surface area contributed by atoms with Gasteiger partial charge in [0.1, 0.15) is 6.54 Å². The number of hydrogen-bond donors (Lipinski definition) is 2. The van der Waals surface area contributed by atoms with Crippen LogP contribution in [0.3, 0.4) is 0 Å². The van der Waals surface area contributed by atoms with Crippen LogP contribution in [0.1, 0.15) is 39.0 Å². The van der Waals surface area contributed by atoms with Crippen molar-refractivity contribution in [2.45, 2.75) is 39.0 Å². The van der Waals surface area contributed by atoms with Gasteiger partial charge in [-0.3, -0.25) is 9.59 Å². The summed E-state index contributed by atoms with van der Waals surface area (Å²) in [5.74, 6) is -0.819. The minimum atomic E-state index is -0.947. The summed E-state index contributed by atoms with van der Waals surface area (Å²) in [6.45, 7) is 2.78. The molecular formula is C13H24N2O3. The minimum Gasteiger partial charge on any atom is -0.480 e. The Labute approximate surface area is 108 Å². The average Bonchev–Trinajstić information content (AvgIpc) is 2.37. The second-order valence-electron chi connectivity index (χ2n) is 5.04. The fraction of sp³-hybridized carbons (Fsp3) is 0.846. The Balaban J connectivity index is 2.70. The van der Waals surface area contributed by atoms with E-state index < -0.39 is 5.97 Å². The number of carboxylic acids is 1. The van der Waals surface area contributed by atoms with Gasteiger partial charge in [0.2, 0.25) is 5.91 Å². The lowest BCUT2D eigenvalue weighted by Crippen LogP contribution is -2.44. The first-order valence-corrected chi connectivity index (χ1v) is 6.80. The van der Waals surface area contributed by atoms with Crippen LogP contribution in [0.5, 0.6) is 0 Å². The van der Waals surface area contributed by atoms with E-state index in [9.17, 15) is 9.59 Å². The van der Waals surface area contributed by atoms with Crippen molar-refractivity contribution in [2.24, 2.45) is 17.6 Å². The number of carboxylic acid groups (broad SMARTS) is 1. The van der Waals surface area contributed by atoms with Crippen LogP contribution in [0.25, 0.3) is 0 Å². The third-order valence-corrected chi connectivity index (χ3v) is 3.66. The van der Waals surface area contributed by atoms with Gasteiger partial charge < -0.3 is 15.7 Å². The molecule has 2 unspecified atom stereocenters. The smallest absolute Gasteiger partial charge is 0.323 e. The highest BCUT2D eigenvalue weighted by molar-refractivity contribution is 5.83. The Morgan fingerprint density at radius 1 is 1.33 bits per heavy atom. The van der Waals surface area contributed by atoms with Gasteiger partial charge in [-0.1, -0.05) is 19.8 Å². The van der Waals surface area contributed by atoms with Crippen LogP contribution in [0.15, 0.2) is 0 Å². The molecule has 0 aliphatic heterocycles. The van der Waals surface area contributed by atoms with Crippen LogP contribution >= 0.6 is 0 Å². The van der Waals surface area contributed by atoms with Crippen LogP contribution in [0, 0.1) is 11.8 Å². The summed E-state index contributed by atoms with van der Waals surface area (Å²) in [6, 6.07) is 0. The molecule has 1 amide bonds. The van der Waals surface area contributed by atoms with Gasteiger partial charge >= 0.3 is 5.97 Å². The molecule has 1 aliphatic carbocycles. The largest absolute Gasteiger partial charge is 0.480 e. The molecule has 3 N–H and O–H groups in total. The molecule has 18 heavy (non-hydrogen) atoms. The molecule has 1 rings (SSSR count). The van der Waals surface area contributed by atoms with Crippen LogP contribution < -0.4 is 5.73 Å². The molecule has 1 aliphatic rings. The van der Waals surface area contributed by atoms with E-state index in [1.807, 2.05) is 6.92 Å². The van der Waals surface area contributed by atoms with E-state index in [1.54, 1.807) is 0 Å². The third-order valence-electron chi connectivity index (χ3n) is 3.66. The van der Waals surface area contributed by atoms with E-state index in [1.165, 1.54) is 4.90 Å². The zero-order valence-corrected chi connectivity index (χ0v) is 11.1. The average molecular weight is 256 g/mol. The first kappa shape index (κ1) is 15.0. The van der Waals surface area contributed by atoms with Crippen LogP contribution in [0.4, 0.5) is 0 Å². The highest BCUT2D eigenvalue weighted by Gasteiger charge is 2.33. The second kappa shape index (κ2) is 7.36. The quantitative estimate of drug-likeness (QED) is 0.744. The highest BCUT2D eigenvalue weighted by atomic mass is 16.4. The number of carbonyl (C=O) groups excluding carboxylic acids is 1. The lowest BCUT2D eigenvalue weighted by atomic mass is 9.78. The van der Waals surface area contributed by atoms with E-state index in [-0.39, 0.29) is 24.3 Å². The predicted octanol–water partition coefficient (Wildman–Crippen LogP) is 1.07. The molecule has 5 nitrogen and oxygen atoms in total. The minimum absolute atomic E-state index is 0.0191. The number of aliphatic carboxylic acids is 1. The summed E-state index contributed by atoms with van der Waals surface area (Å²) in [7, 11) is 0. The molecule has 0 radical (unpaired) electrons. The van der Waals surface area contributed by atoms with Crippen molar-refractivity contribution in [1.29, 1.82) is 0 Å². The molecule has 104 valence electrons. The molecule has 5 heteroatoms. The lowest BCUT2D eigenvalue weighted by Gasteiger charge is -2.33. The summed E-state index contributed by atoms with van der Waals surface area (Å²) in [5, 5.41) is 8.86. The van der Waals surface area contributed by atoms with E-state index in [0.29, 0.717) is 13.1 Å². The monoisotopic (exact) mass is 256 g/mol. The Morgan fingerprint density at radius 3 is 2.56 bits per heavy atom. The van der Waals surface area contributed by atoms with Crippen molar-refractivity contribution in [2.75, 3.05) is 19.6 Å². The molecular weight excluding hydrogens is 232 g/mol. The standard InChI is InChI=1S/C13H24N2O3/c1-2-7-15(9-12(16)17)13(18)11-6-4-3-5-10(11)8-14/h10-11H,2-9,14H2,1H3,(H,16,17). The van der Waals surface area contributed by atoms with E-state index in [2.05, 4.69) is 0 Å². The molecule has 2 atom stereocenters. The van der Waals surface area contributed by atoms with Crippen molar-refractivity contribution < 1.29 is 14.7 Å². The van der Waals surface area contributed by atoms with Crippen molar-refractivity contribution in [3.63, 3.8) is 0 Å². The van der Waals surface area contributed by atoms with Gasteiger partial charge in [0.25, 0.3) is 0 Å². The number of rotatable bonds is 6. The summed E-state index contributed by atoms with van der Waals surface area (Å²) < 4.78 is 0. The zero-order valence-electron chi connectivity index (χ0n) is 11.1. The highest BCUT2D eigenvalue weighted by Crippen LogP contribution is 2.30. The number of nitrogens with two attached hydrogens (primary N) is 1. The predicted molar refractivity (Wildman–Crippen MR) is 69.0 cm³/mol. The van der Waals surface area contributed by atoms with Gasteiger partial charge in [-0.05, 0) is 31.7 Å². The van der Waals surface area contributed by atoms with Gasteiger partial charge in [0.15, 0.2) is 0 Å². The number of carbonyl (C=O) groups is 2. The summed E-state index contributed by atoms with van der Waals surface area (Å²) in [4.78, 5) is 24.7. The van der Waals surface area contributed by atoms with E-state index >= 15 is 0 Å². The fourth-order valence-corrected chi connectivity index (χ4v) is 2.75. The van der Waals surface area contributed by atoms with Gasteiger partial charge in [0.05, 0.1) is 0 Å². The van der Waals surface area contributed by atoms with Crippen LogP contribution in [0.2, 0.25) is 0 Å². The number of hydrogen-bond acceptors (Lipinski definition) is 3. The van der Waals surface area contributed by atoms with Crippen molar-refractivity contribution >= 4 is 11.9 Å². The first-order chi connectivity index (χ1) is 8.60. The Bertz CT molecular complexity index is 294. The first-order valence-electron chi connectivity index (χ1n) is 6.80. The molecule has 0 spiro atoms. The van der Waals surface area contributed by atoms with Gasteiger partial charge in [-0.2, -0.15) is 0 Å². The maximum absolute atomic E-state index is 12.4. The number of amides is 1. The molecule has 1 saturated carbocycles. The maximum Gasteiger partial charge on any atom is 0.323 e. The topological polar surface area (TPSA) is 83.6 Å². The van der Waals surface area contributed by atoms with Crippen LogP contribution in [-0.4, -0.2) is 41.5 Å². The van der Waals surface area contributed by atoms with Gasteiger partial charge in [0, 0.05) is 12.5 Å². The second-order valence-corrected chi connectivity index (χ2v) is 5.04. The molecule has 0 aromatic rings. The fourth-order valence-electron chi connectivity index (χ4n) is 2.75. The third kappa shape index (κ3) is 3.98.